The van der Waals surface area contributed by atoms with Crippen molar-refractivity contribution < 1.29 is 56.2 Å². The van der Waals surface area contributed by atoms with E-state index >= 15 is 0 Å². The maximum Gasteiger partial charge on any atom is 1.00 e. The SMILES string of the molecule is [CH2-]CC(=O)N1CCc2ccc(C#N)cc2C1.[K+]. The molecule has 1 aliphatic rings. The quantitative estimate of drug-likeness (QED) is 0.459. The number of amides is 1. The molecule has 0 spiro atoms. The summed E-state index contributed by atoms with van der Waals surface area (Å²) < 4.78 is 0. The number of hydrogen-bond donors (Lipinski definition) is 0. The third-order valence-corrected chi connectivity index (χ3v) is 2.91. The summed E-state index contributed by atoms with van der Waals surface area (Å²) in [5.41, 5.74) is 2.99. The molecule has 0 aliphatic carbocycles. The molecule has 3 nitrogen and oxygen atoms in total. The van der Waals surface area contributed by atoms with E-state index in [0.717, 1.165) is 18.5 Å². The van der Waals surface area contributed by atoms with E-state index in [0.29, 0.717) is 18.5 Å². The Hall–Kier alpha value is -0.184. The monoisotopic (exact) mass is 252 g/mol. The second-order valence-corrected chi connectivity index (χ2v) is 3.91. The maximum absolute atomic E-state index is 11.5. The Morgan fingerprint density at radius 1 is 1.47 bits per heavy atom. The van der Waals surface area contributed by atoms with Gasteiger partial charge in [0.1, 0.15) is 0 Å². The molecule has 0 unspecified atom stereocenters. The molecule has 1 aromatic rings. The summed E-state index contributed by atoms with van der Waals surface area (Å²) >= 11 is 0. The van der Waals surface area contributed by atoms with Crippen LogP contribution in [0.4, 0.5) is 0 Å². The van der Waals surface area contributed by atoms with Gasteiger partial charge in [-0.2, -0.15) is 5.26 Å². The van der Waals surface area contributed by atoms with Crippen molar-refractivity contribution in [3.8, 4) is 6.07 Å². The third-order valence-electron chi connectivity index (χ3n) is 2.91. The number of carbonyl (C=O) groups is 1. The summed E-state index contributed by atoms with van der Waals surface area (Å²) in [6.07, 6.45) is 1.17. The fourth-order valence-corrected chi connectivity index (χ4v) is 2.00. The van der Waals surface area contributed by atoms with Crippen molar-refractivity contribution in [3.05, 3.63) is 41.8 Å². The minimum Gasteiger partial charge on any atom is -0.340 e. The van der Waals surface area contributed by atoms with Gasteiger partial charge >= 0.3 is 51.4 Å². The molecule has 0 N–H and O–H groups in total. The molecule has 0 bridgehead atoms. The Kier molecular flexibility index (Phi) is 5.84. The van der Waals surface area contributed by atoms with E-state index in [1.165, 1.54) is 5.56 Å². The first-order valence-electron chi connectivity index (χ1n) is 5.33. The van der Waals surface area contributed by atoms with Gasteiger partial charge in [0.2, 0.25) is 0 Å². The number of nitrogens with zero attached hydrogens (tertiary/aromatic N) is 2. The van der Waals surface area contributed by atoms with Crippen LogP contribution in [0.5, 0.6) is 0 Å². The van der Waals surface area contributed by atoms with Crippen LogP contribution in [0.15, 0.2) is 18.2 Å². The molecule has 1 aromatic carbocycles. The van der Waals surface area contributed by atoms with Crippen molar-refractivity contribution >= 4 is 5.91 Å². The van der Waals surface area contributed by atoms with Crippen molar-refractivity contribution in [3.63, 3.8) is 0 Å². The van der Waals surface area contributed by atoms with Crippen LogP contribution in [0, 0.1) is 18.3 Å². The first kappa shape index (κ1) is 14.9. The molecule has 2 rings (SSSR count). The number of nitriles is 1. The number of benzene rings is 1. The Balaban J connectivity index is 0.00000144. The molecule has 0 aromatic heterocycles. The van der Waals surface area contributed by atoms with Gasteiger partial charge in [-0.1, -0.05) is 6.07 Å². The minimum absolute atomic E-state index is 0. The van der Waals surface area contributed by atoms with Crippen molar-refractivity contribution in [2.75, 3.05) is 6.54 Å². The molecular weight excluding hydrogens is 239 g/mol. The van der Waals surface area contributed by atoms with Crippen LogP contribution < -0.4 is 51.4 Å². The van der Waals surface area contributed by atoms with Gasteiger partial charge in [0.15, 0.2) is 5.91 Å². The molecule has 82 valence electrons. The number of hydrogen-bond acceptors (Lipinski definition) is 2. The van der Waals surface area contributed by atoms with E-state index in [1.807, 2.05) is 18.2 Å². The molecule has 17 heavy (non-hydrogen) atoms. The van der Waals surface area contributed by atoms with Gasteiger partial charge in [0.05, 0.1) is 11.6 Å². The molecule has 0 radical (unpaired) electrons. The largest absolute Gasteiger partial charge is 1.00 e. The first-order chi connectivity index (χ1) is 7.74. The minimum atomic E-state index is 0. The zero-order chi connectivity index (χ0) is 11.5. The van der Waals surface area contributed by atoms with Crippen molar-refractivity contribution in [1.29, 1.82) is 5.26 Å². The average molecular weight is 252 g/mol. The molecule has 0 atom stereocenters. The third kappa shape index (κ3) is 3.40. The summed E-state index contributed by atoms with van der Waals surface area (Å²) in [7, 11) is 0. The van der Waals surface area contributed by atoms with Gasteiger partial charge in [-0.15, -0.1) is 6.42 Å². The Morgan fingerprint density at radius 2 is 2.24 bits per heavy atom. The zero-order valence-electron chi connectivity index (χ0n) is 10.1. The van der Waals surface area contributed by atoms with Gasteiger partial charge in [0, 0.05) is 13.1 Å². The van der Waals surface area contributed by atoms with Crippen LogP contribution in [-0.4, -0.2) is 17.4 Å². The van der Waals surface area contributed by atoms with Gasteiger partial charge in [-0.05, 0) is 29.7 Å². The molecule has 1 aliphatic heterocycles. The predicted molar refractivity (Wildman–Crippen MR) is 60.3 cm³/mol. The summed E-state index contributed by atoms with van der Waals surface area (Å²) in [5.74, 6) is 0.0769. The number of rotatable bonds is 1. The van der Waals surface area contributed by atoms with Crippen LogP contribution in [0.25, 0.3) is 0 Å². The number of carbonyl (C=O) groups excluding carboxylic acids is 1. The summed E-state index contributed by atoms with van der Waals surface area (Å²) in [5, 5.41) is 8.82. The smallest absolute Gasteiger partial charge is 0.340 e. The Bertz CT molecular complexity index is 465. The van der Waals surface area contributed by atoms with Crippen LogP contribution in [0.1, 0.15) is 23.1 Å². The summed E-state index contributed by atoms with van der Waals surface area (Å²) in [6.45, 7) is 4.97. The van der Waals surface area contributed by atoms with E-state index in [4.69, 9.17) is 5.26 Å². The average Bonchev–Trinajstić information content (AvgIpc) is 2.36. The van der Waals surface area contributed by atoms with E-state index in [9.17, 15) is 4.79 Å². The maximum atomic E-state index is 11.5. The van der Waals surface area contributed by atoms with Crippen LogP contribution >= 0.6 is 0 Å². The summed E-state index contributed by atoms with van der Waals surface area (Å²) in [4.78, 5) is 13.3. The summed E-state index contributed by atoms with van der Waals surface area (Å²) in [6, 6.07) is 7.81. The normalized spacial score (nSPS) is 13.3. The second kappa shape index (κ2) is 6.67. The fraction of sp³-hybridized carbons (Fsp3) is 0.308. The topological polar surface area (TPSA) is 44.1 Å². The molecular formula is C13H13KN2O. The van der Waals surface area contributed by atoms with E-state index in [1.54, 1.807) is 4.90 Å². The van der Waals surface area contributed by atoms with E-state index in [-0.39, 0.29) is 57.3 Å². The van der Waals surface area contributed by atoms with Crippen LogP contribution in [0.3, 0.4) is 0 Å². The molecule has 0 saturated heterocycles. The molecule has 4 heteroatoms. The zero-order valence-corrected chi connectivity index (χ0v) is 13.2. The van der Waals surface area contributed by atoms with Crippen molar-refractivity contribution in [1.82, 2.24) is 4.90 Å². The van der Waals surface area contributed by atoms with Gasteiger partial charge in [-0.3, -0.25) is 4.79 Å². The Morgan fingerprint density at radius 3 is 2.88 bits per heavy atom. The van der Waals surface area contributed by atoms with Gasteiger partial charge in [0.25, 0.3) is 0 Å². The van der Waals surface area contributed by atoms with Crippen LogP contribution in [0.2, 0.25) is 0 Å². The van der Waals surface area contributed by atoms with Gasteiger partial charge in [-0.25, -0.2) is 0 Å². The van der Waals surface area contributed by atoms with E-state index < -0.39 is 0 Å². The predicted octanol–water partition coefficient (Wildman–Crippen LogP) is -1.33. The Labute approximate surface area is 144 Å². The number of fused-ring (bicyclic) bond motifs is 1. The molecule has 1 amide bonds. The van der Waals surface area contributed by atoms with E-state index in [2.05, 4.69) is 13.0 Å². The second-order valence-electron chi connectivity index (χ2n) is 3.91. The standard InChI is InChI=1S/C13H13N2O.K/c1-2-13(16)15-6-5-11-4-3-10(8-14)7-12(11)9-15;/h3-4,7H,1-2,5-6,9H2;/q-1;+1. The molecule has 0 saturated carbocycles. The molecule has 0 fully saturated rings. The van der Waals surface area contributed by atoms with Gasteiger partial charge < -0.3 is 11.8 Å². The van der Waals surface area contributed by atoms with Crippen LogP contribution in [-0.2, 0) is 17.8 Å². The first-order valence-corrected chi connectivity index (χ1v) is 5.33. The van der Waals surface area contributed by atoms with Crippen molar-refractivity contribution in [2.45, 2.75) is 19.4 Å². The molecule has 1 heterocycles. The fourth-order valence-electron chi connectivity index (χ4n) is 2.00. The van der Waals surface area contributed by atoms with Crippen molar-refractivity contribution in [2.24, 2.45) is 0 Å².